The molecule has 0 saturated carbocycles. The van der Waals surface area contributed by atoms with Crippen molar-refractivity contribution < 1.29 is 14.2 Å². The summed E-state index contributed by atoms with van der Waals surface area (Å²) in [6, 6.07) is 0. The maximum absolute atomic E-state index is 12.6. The van der Waals surface area contributed by atoms with Crippen molar-refractivity contribution in [3.05, 3.63) is 18.0 Å². The van der Waals surface area contributed by atoms with Gasteiger partial charge in [0.25, 0.3) is 0 Å². The van der Waals surface area contributed by atoms with Crippen LogP contribution in [0.1, 0.15) is 5.69 Å². The highest BCUT2D eigenvalue weighted by molar-refractivity contribution is 4.98. The Kier molecular flexibility index (Phi) is 2.56. The van der Waals surface area contributed by atoms with Crippen LogP contribution < -0.4 is 0 Å². The van der Waals surface area contributed by atoms with E-state index in [-0.39, 0.29) is 19.0 Å². The van der Waals surface area contributed by atoms with Crippen LogP contribution in [0.4, 0.5) is 4.39 Å². The normalized spacial score (nSPS) is 10.5. The van der Waals surface area contributed by atoms with Crippen LogP contribution in [-0.4, -0.2) is 21.8 Å². The maximum Gasteiger partial charge on any atom is 0.236 e. The number of halogens is 1. The van der Waals surface area contributed by atoms with Crippen molar-refractivity contribution in [2.24, 2.45) is 0 Å². The summed E-state index contributed by atoms with van der Waals surface area (Å²) in [6.45, 7) is -0.165. The van der Waals surface area contributed by atoms with Crippen molar-refractivity contribution in [3.8, 4) is 0 Å². The SMILES string of the molecule is COCn1cnc(F)c1CO. The minimum atomic E-state index is -0.649. The molecule has 5 heteroatoms. The van der Waals surface area contributed by atoms with Gasteiger partial charge in [0.15, 0.2) is 0 Å². The number of aromatic nitrogens is 2. The van der Waals surface area contributed by atoms with E-state index in [1.807, 2.05) is 0 Å². The molecular formula is C6H9FN2O2. The third-order valence-electron chi connectivity index (χ3n) is 1.31. The van der Waals surface area contributed by atoms with Gasteiger partial charge in [-0.25, -0.2) is 4.98 Å². The number of aliphatic hydroxyl groups excluding tert-OH is 1. The fourth-order valence-electron chi connectivity index (χ4n) is 0.789. The van der Waals surface area contributed by atoms with E-state index in [1.165, 1.54) is 18.0 Å². The zero-order valence-corrected chi connectivity index (χ0v) is 6.12. The Labute approximate surface area is 63.2 Å². The van der Waals surface area contributed by atoms with Gasteiger partial charge in [-0.3, -0.25) is 0 Å². The number of rotatable bonds is 3. The van der Waals surface area contributed by atoms with Crippen LogP contribution in [0, 0.1) is 5.95 Å². The molecule has 0 aromatic carbocycles. The first-order chi connectivity index (χ1) is 5.29. The molecule has 0 aliphatic rings. The van der Waals surface area contributed by atoms with Gasteiger partial charge in [-0.1, -0.05) is 0 Å². The quantitative estimate of drug-likeness (QED) is 0.683. The summed E-state index contributed by atoms with van der Waals surface area (Å²) in [7, 11) is 1.49. The van der Waals surface area contributed by atoms with Crippen molar-refractivity contribution >= 4 is 0 Å². The first-order valence-corrected chi connectivity index (χ1v) is 3.09. The van der Waals surface area contributed by atoms with Gasteiger partial charge in [0, 0.05) is 7.11 Å². The van der Waals surface area contributed by atoms with E-state index in [1.54, 1.807) is 0 Å². The Morgan fingerprint density at radius 2 is 2.55 bits per heavy atom. The topological polar surface area (TPSA) is 47.3 Å². The highest BCUT2D eigenvalue weighted by atomic mass is 19.1. The molecule has 0 bridgehead atoms. The fraction of sp³-hybridized carbons (Fsp3) is 0.500. The molecule has 11 heavy (non-hydrogen) atoms. The van der Waals surface area contributed by atoms with Crippen LogP contribution in [0.25, 0.3) is 0 Å². The van der Waals surface area contributed by atoms with Gasteiger partial charge in [-0.15, -0.1) is 0 Å². The Morgan fingerprint density at radius 3 is 3.09 bits per heavy atom. The number of hydrogen-bond acceptors (Lipinski definition) is 3. The molecule has 4 nitrogen and oxygen atoms in total. The van der Waals surface area contributed by atoms with E-state index < -0.39 is 5.95 Å². The van der Waals surface area contributed by atoms with E-state index >= 15 is 0 Å². The van der Waals surface area contributed by atoms with Crippen molar-refractivity contribution in [2.45, 2.75) is 13.3 Å². The first kappa shape index (κ1) is 8.16. The molecule has 0 fully saturated rings. The van der Waals surface area contributed by atoms with Gasteiger partial charge < -0.3 is 14.4 Å². The summed E-state index contributed by atoms with van der Waals surface area (Å²) >= 11 is 0. The third kappa shape index (κ3) is 1.55. The molecule has 1 rings (SSSR count). The molecule has 0 spiro atoms. The van der Waals surface area contributed by atoms with E-state index in [9.17, 15) is 4.39 Å². The van der Waals surface area contributed by atoms with Crippen molar-refractivity contribution in [1.29, 1.82) is 0 Å². The van der Waals surface area contributed by atoms with Crippen LogP contribution in [0.2, 0.25) is 0 Å². The van der Waals surface area contributed by atoms with Crippen molar-refractivity contribution in [3.63, 3.8) is 0 Å². The molecule has 0 aliphatic carbocycles. The van der Waals surface area contributed by atoms with Crippen LogP contribution in [-0.2, 0) is 18.1 Å². The molecule has 0 radical (unpaired) electrons. The molecule has 1 aromatic heterocycles. The molecule has 0 atom stereocenters. The molecule has 0 aliphatic heterocycles. The summed E-state index contributed by atoms with van der Waals surface area (Å²) in [6.07, 6.45) is 1.28. The zero-order chi connectivity index (χ0) is 8.27. The second-order valence-electron chi connectivity index (χ2n) is 2.03. The van der Waals surface area contributed by atoms with Crippen LogP contribution in [0.5, 0.6) is 0 Å². The summed E-state index contributed by atoms with van der Waals surface area (Å²) in [5, 5.41) is 8.66. The zero-order valence-electron chi connectivity index (χ0n) is 6.12. The molecule has 62 valence electrons. The molecule has 1 N–H and O–H groups in total. The maximum atomic E-state index is 12.6. The molecule has 0 unspecified atom stereocenters. The van der Waals surface area contributed by atoms with Gasteiger partial charge in [0.2, 0.25) is 5.95 Å². The Morgan fingerprint density at radius 1 is 1.82 bits per heavy atom. The minimum Gasteiger partial charge on any atom is -0.390 e. The molecule has 1 aromatic rings. The number of nitrogens with zero attached hydrogens (tertiary/aromatic N) is 2. The van der Waals surface area contributed by atoms with Gasteiger partial charge in [-0.2, -0.15) is 4.39 Å². The highest BCUT2D eigenvalue weighted by Gasteiger charge is 2.07. The predicted molar refractivity (Wildman–Crippen MR) is 35.1 cm³/mol. The van der Waals surface area contributed by atoms with E-state index in [0.717, 1.165) is 0 Å². The van der Waals surface area contributed by atoms with E-state index in [0.29, 0.717) is 0 Å². The standard InChI is InChI=1S/C6H9FN2O2/c1-11-4-9-3-8-6(7)5(9)2-10/h3,10H,2,4H2,1H3. The van der Waals surface area contributed by atoms with Crippen molar-refractivity contribution in [1.82, 2.24) is 9.55 Å². The fourth-order valence-corrected chi connectivity index (χ4v) is 0.789. The van der Waals surface area contributed by atoms with Gasteiger partial charge in [0.05, 0.1) is 6.61 Å². The van der Waals surface area contributed by atoms with Gasteiger partial charge in [0.1, 0.15) is 18.8 Å². The predicted octanol–water partition coefficient (Wildman–Crippen LogP) is 0.118. The van der Waals surface area contributed by atoms with Crippen LogP contribution >= 0.6 is 0 Å². The summed E-state index contributed by atoms with van der Waals surface area (Å²) in [4.78, 5) is 3.36. The second-order valence-corrected chi connectivity index (χ2v) is 2.03. The number of methoxy groups -OCH3 is 1. The van der Waals surface area contributed by atoms with Crippen LogP contribution in [0.3, 0.4) is 0 Å². The Balaban J connectivity index is 2.86. The largest absolute Gasteiger partial charge is 0.390 e. The van der Waals surface area contributed by atoms with Gasteiger partial charge >= 0.3 is 0 Å². The summed E-state index contributed by atoms with van der Waals surface area (Å²) in [5.41, 5.74) is 0.145. The molecule has 0 saturated heterocycles. The first-order valence-electron chi connectivity index (χ1n) is 3.09. The lowest BCUT2D eigenvalue weighted by atomic mass is 10.5. The lowest BCUT2D eigenvalue weighted by Crippen LogP contribution is -2.04. The lowest BCUT2D eigenvalue weighted by molar-refractivity contribution is 0.123. The highest BCUT2D eigenvalue weighted by Crippen LogP contribution is 2.04. The number of aliphatic hydroxyl groups is 1. The summed E-state index contributed by atoms with van der Waals surface area (Å²) < 4.78 is 18.7. The Bertz CT molecular complexity index is 236. The second kappa shape index (κ2) is 3.45. The monoisotopic (exact) mass is 160 g/mol. The molecule has 0 amide bonds. The third-order valence-corrected chi connectivity index (χ3v) is 1.31. The smallest absolute Gasteiger partial charge is 0.236 e. The lowest BCUT2D eigenvalue weighted by Gasteiger charge is -2.02. The minimum absolute atomic E-state index is 0.145. The summed E-state index contributed by atoms with van der Waals surface area (Å²) in [5.74, 6) is -0.649. The average Bonchev–Trinajstić information content (AvgIpc) is 2.33. The van der Waals surface area contributed by atoms with Crippen molar-refractivity contribution in [2.75, 3.05) is 7.11 Å². The van der Waals surface area contributed by atoms with E-state index in [4.69, 9.17) is 9.84 Å². The molecular weight excluding hydrogens is 151 g/mol. The van der Waals surface area contributed by atoms with Crippen LogP contribution in [0.15, 0.2) is 6.33 Å². The number of ether oxygens (including phenoxy) is 1. The Hall–Kier alpha value is -0.940. The van der Waals surface area contributed by atoms with E-state index in [2.05, 4.69) is 4.98 Å². The molecule has 1 heterocycles. The van der Waals surface area contributed by atoms with Gasteiger partial charge in [-0.05, 0) is 0 Å². The average molecular weight is 160 g/mol. The number of hydrogen-bond donors (Lipinski definition) is 1. The number of imidazole rings is 1.